The van der Waals surface area contributed by atoms with Crippen LogP contribution < -0.4 is 10.1 Å². The van der Waals surface area contributed by atoms with Crippen molar-refractivity contribution in [1.82, 2.24) is 0 Å². The predicted molar refractivity (Wildman–Crippen MR) is 53.5 cm³/mol. The standard InChI is InChI=1S/C9H11NO.CH4/c1-3-10-8-4-6-9(11-2)7-5-8;/h3-7,10H,1H2,2H3;1H4. The molecule has 2 nitrogen and oxygen atoms in total. The van der Waals surface area contributed by atoms with Gasteiger partial charge in [0.1, 0.15) is 5.75 Å². The number of rotatable bonds is 3. The van der Waals surface area contributed by atoms with Crippen LogP contribution >= 0.6 is 0 Å². The van der Waals surface area contributed by atoms with Crippen molar-refractivity contribution >= 4 is 5.69 Å². The molecule has 0 aromatic heterocycles. The fraction of sp³-hybridized carbons (Fsp3) is 0.200. The lowest BCUT2D eigenvalue weighted by Gasteiger charge is -2.01. The second kappa shape index (κ2) is 5.24. The number of methoxy groups -OCH3 is 1. The molecule has 1 aromatic rings. The molecule has 0 bridgehead atoms. The molecular formula is C10H15NO. The van der Waals surface area contributed by atoms with Gasteiger partial charge in [-0.25, -0.2) is 0 Å². The molecule has 0 radical (unpaired) electrons. The molecule has 0 spiro atoms. The first-order valence-corrected chi connectivity index (χ1v) is 3.38. The minimum Gasteiger partial charge on any atom is -0.497 e. The summed E-state index contributed by atoms with van der Waals surface area (Å²) in [5.74, 6) is 0.861. The first kappa shape index (κ1) is 10.6. The van der Waals surface area contributed by atoms with Gasteiger partial charge in [0, 0.05) is 5.69 Å². The quantitative estimate of drug-likeness (QED) is 0.743. The third kappa shape index (κ3) is 2.66. The summed E-state index contributed by atoms with van der Waals surface area (Å²) < 4.78 is 4.99. The van der Waals surface area contributed by atoms with Gasteiger partial charge in [-0.05, 0) is 30.5 Å². The van der Waals surface area contributed by atoms with Crippen LogP contribution in [-0.2, 0) is 0 Å². The van der Waals surface area contributed by atoms with Gasteiger partial charge in [0.2, 0.25) is 0 Å². The maximum Gasteiger partial charge on any atom is 0.119 e. The average Bonchev–Trinajstić information content (AvgIpc) is 2.07. The highest BCUT2D eigenvalue weighted by Crippen LogP contribution is 2.14. The smallest absolute Gasteiger partial charge is 0.119 e. The molecule has 66 valence electrons. The second-order valence-corrected chi connectivity index (χ2v) is 2.08. The maximum absolute atomic E-state index is 4.99. The SMILES string of the molecule is C.C=CNc1ccc(OC)cc1. The Morgan fingerprint density at radius 3 is 2.33 bits per heavy atom. The van der Waals surface area contributed by atoms with Crippen LogP contribution in [0, 0.1) is 0 Å². The number of ether oxygens (including phenoxy) is 1. The van der Waals surface area contributed by atoms with E-state index in [1.165, 1.54) is 0 Å². The largest absolute Gasteiger partial charge is 0.497 e. The monoisotopic (exact) mass is 165 g/mol. The topological polar surface area (TPSA) is 21.3 Å². The molecule has 1 aromatic carbocycles. The fourth-order valence-corrected chi connectivity index (χ4v) is 0.805. The van der Waals surface area contributed by atoms with Crippen LogP contribution in [0.3, 0.4) is 0 Å². The van der Waals surface area contributed by atoms with E-state index in [1.54, 1.807) is 13.3 Å². The Labute approximate surface area is 73.9 Å². The van der Waals surface area contributed by atoms with Crippen molar-refractivity contribution in [1.29, 1.82) is 0 Å². The van der Waals surface area contributed by atoms with Crippen molar-refractivity contribution in [3.05, 3.63) is 37.0 Å². The molecule has 0 unspecified atom stereocenters. The Hall–Kier alpha value is -1.44. The van der Waals surface area contributed by atoms with Crippen LogP contribution in [0.4, 0.5) is 5.69 Å². The van der Waals surface area contributed by atoms with Crippen LogP contribution in [-0.4, -0.2) is 7.11 Å². The second-order valence-electron chi connectivity index (χ2n) is 2.08. The molecule has 12 heavy (non-hydrogen) atoms. The summed E-state index contributed by atoms with van der Waals surface area (Å²) in [5, 5.41) is 2.97. The molecule has 0 fully saturated rings. The van der Waals surface area contributed by atoms with Gasteiger partial charge in [0.25, 0.3) is 0 Å². The van der Waals surface area contributed by atoms with E-state index < -0.39 is 0 Å². The van der Waals surface area contributed by atoms with E-state index in [4.69, 9.17) is 4.74 Å². The summed E-state index contributed by atoms with van der Waals surface area (Å²) in [5.41, 5.74) is 1.01. The van der Waals surface area contributed by atoms with Gasteiger partial charge in [-0.2, -0.15) is 0 Å². The molecule has 2 heteroatoms. The lowest BCUT2D eigenvalue weighted by atomic mass is 10.3. The molecule has 0 aliphatic heterocycles. The zero-order chi connectivity index (χ0) is 8.10. The van der Waals surface area contributed by atoms with Crippen molar-refractivity contribution in [3.8, 4) is 5.75 Å². The lowest BCUT2D eigenvalue weighted by molar-refractivity contribution is 0.415. The van der Waals surface area contributed by atoms with E-state index in [2.05, 4.69) is 11.9 Å². The molecule has 0 aliphatic rings. The highest BCUT2D eigenvalue weighted by molar-refractivity contribution is 5.47. The Morgan fingerprint density at radius 1 is 1.33 bits per heavy atom. The molecule has 0 aliphatic carbocycles. The molecule has 0 amide bonds. The predicted octanol–water partition coefficient (Wildman–Crippen LogP) is 2.89. The Balaban J connectivity index is 0.00000121. The molecule has 0 saturated carbocycles. The summed E-state index contributed by atoms with van der Waals surface area (Å²) >= 11 is 0. The van der Waals surface area contributed by atoms with Crippen LogP contribution in [0.2, 0.25) is 0 Å². The Morgan fingerprint density at radius 2 is 1.92 bits per heavy atom. The van der Waals surface area contributed by atoms with Crippen molar-refractivity contribution < 1.29 is 4.74 Å². The van der Waals surface area contributed by atoms with Crippen molar-refractivity contribution in [2.45, 2.75) is 7.43 Å². The molecule has 0 saturated heterocycles. The van der Waals surface area contributed by atoms with E-state index in [-0.39, 0.29) is 7.43 Å². The molecule has 1 rings (SSSR count). The highest BCUT2D eigenvalue weighted by Gasteiger charge is 1.89. The van der Waals surface area contributed by atoms with E-state index in [9.17, 15) is 0 Å². The van der Waals surface area contributed by atoms with Crippen molar-refractivity contribution in [3.63, 3.8) is 0 Å². The van der Waals surface area contributed by atoms with Gasteiger partial charge in [-0.15, -0.1) is 0 Å². The number of hydrogen-bond donors (Lipinski definition) is 1. The van der Waals surface area contributed by atoms with Gasteiger partial charge < -0.3 is 10.1 Å². The Kier molecular flexibility index (Phi) is 4.61. The van der Waals surface area contributed by atoms with Crippen LogP contribution in [0.1, 0.15) is 7.43 Å². The summed E-state index contributed by atoms with van der Waals surface area (Å²) in [7, 11) is 1.65. The van der Waals surface area contributed by atoms with E-state index in [0.717, 1.165) is 11.4 Å². The number of hydrogen-bond acceptors (Lipinski definition) is 2. The normalized spacial score (nSPS) is 8.08. The van der Waals surface area contributed by atoms with E-state index in [1.807, 2.05) is 24.3 Å². The zero-order valence-corrected chi connectivity index (χ0v) is 6.50. The highest BCUT2D eigenvalue weighted by atomic mass is 16.5. The molecular weight excluding hydrogens is 150 g/mol. The van der Waals surface area contributed by atoms with Gasteiger partial charge >= 0.3 is 0 Å². The van der Waals surface area contributed by atoms with E-state index >= 15 is 0 Å². The third-order valence-electron chi connectivity index (χ3n) is 1.36. The van der Waals surface area contributed by atoms with Crippen molar-refractivity contribution in [2.24, 2.45) is 0 Å². The number of nitrogens with one attached hydrogen (secondary N) is 1. The fourth-order valence-electron chi connectivity index (χ4n) is 0.805. The third-order valence-corrected chi connectivity index (χ3v) is 1.36. The van der Waals surface area contributed by atoms with E-state index in [0.29, 0.717) is 0 Å². The summed E-state index contributed by atoms with van der Waals surface area (Å²) in [4.78, 5) is 0. The summed E-state index contributed by atoms with van der Waals surface area (Å²) in [6.45, 7) is 3.56. The van der Waals surface area contributed by atoms with Gasteiger partial charge in [0.05, 0.1) is 7.11 Å². The Bertz CT molecular complexity index is 228. The minimum absolute atomic E-state index is 0. The zero-order valence-electron chi connectivity index (χ0n) is 6.50. The van der Waals surface area contributed by atoms with Crippen LogP contribution in [0.15, 0.2) is 37.0 Å². The first-order chi connectivity index (χ1) is 5.36. The minimum atomic E-state index is 0. The average molecular weight is 165 g/mol. The van der Waals surface area contributed by atoms with Crippen LogP contribution in [0.25, 0.3) is 0 Å². The number of anilines is 1. The van der Waals surface area contributed by atoms with Crippen LogP contribution in [0.5, 0.6) is 5.75 Å². The molecule has 0 heterocycles. The van der Waals surface area contributed by atoms with Gasteiger partial charge in [-0.1, -0.05) is 14.0 Å². The van der Waals surface area contributed by atoms with Gasteiger partial charge in [-0.3, -0.25) is 0 Å². The molecule has 0 atom stereocenters. The first-order valence-electron chi connectivity index (χ1n) is 3.38. The summed E-state index contributed by atoms with van der Waals surface area (Å²) in [6, 6.07) is 7.65. The lowest BCUT2D eigenvalue weighted by Crippen LogP contribution is -1.86. The molecule has 1 N–H and O–H groups in total. The maximum atomic E-state index is 4.99. The number of benzene rings is 1. The summed E-state index contributed by atoms with van der Waals surface area (Å²) in [6.07, 6.45) is 1.64. The van der Waals surface area contributed by atoms with Crippen molar-refractivity contribution in [2.75, 3.05) is 12.4 Å². The van der Waals surface area contributed by atoms with Gasteiger partial charge in [0.15, 0.2) is 0 Å².